The highest BCUT2D eigenvalue weighted by Gasteiger charge is 2.26. The molecule has 116 valence electrons. The van der Waals surface area contributed by atoms with Crippen molar-refractivity contribution < 1.29 is 14.7 Å². The van der Waals surface area contributed by atoms with E-state index in [1.165, 1.54) is 6.42 Å². The normalized spacial score (nSPS) is 17.1. The molecule has 1 atom stereocenters. The molecule has 0 spiro atoms. The molecule has 1 aliphatic carbocycles. The van der Waals surface area contributed by atoms with Crippen molar-refractivity contribution in [2.45, 2.75) is 44.6 Å². The van der Waals surface area contributed by atoms with Crippen molar-refractivity contribution in [1.29, 1.82) is 0 Å². The number of carbonyl (C=O) groups excluding carboxylic acids is 1. The van der Waals surface area contributed by atoms with Crippen molar-refractivity contribution in [3.8, 4) is 0 Å². The van der Waals surface area contributed by atoms with Crippen LogP contribution in [0.1, 0.15) is 38.5 Å². The van der Waals surface area contributed by atoms with Gasteiger partial charge < -0.3 is 10.4 Å². The molecule has 1 fully saturated rings. The van der Waals surface area contributed by atoms with Gasteiger partial charge in [0.05, 0.1) is 0 Å². The van der Waals surface area contributed by atoms with Gasteiger partial charge in [-0.1, -0.05) is 43.4 Å². The van der Waals surface area contributed by atoms with Crippen LogP contribution in [-0.2, 0) is 4.79 Å². The van der Waals surface area contributed by atoms with Gasteiger partial charge in [-0.15, -0.1) is 5.10 Å². The number of aromatic nitrogens is 2. The molecule has 21 heavy (non-hydrogen) atoms. The Hall–Kier alpha value is -1.48. The average molecular weight is 330 g/mol. The number of nitrogens with one attached hydrogen (secondary N) is 3. The van der Waals surface area contributed by atoms with Gasteiger partial charge in [0, 0.05) is 0 Å². The van der Waals surface area contributed by atoms with Crippen molar-refractivity contribution in [3.63, 3.8) is 0 Å². The minimum Gasteiger partial charge on any atom is -0.465 e. The summed E-state index contributed by atoms with van der Waals surface area (Å²) in [6.07, 6.45) is 4.93. The highest BCUT2D eigenvalue weighted by atomic mass is 32.1. The van der Waals surface area contributed by atoms with Crippen LogP contribution in [0.3, 0.4) is 0 Å². The molecule has 0 bridgehead atoms. The van der Waals surface area contributed by atoms with E-state index < -0.39 is 12.1 Å². The fraction of sp³-hybridized carbons (Fsp3) is 0.667. The molecule has 1 saturated carbocycles. The Bertz CT molecular complexity index is 551. The quantitative estimate of drug-likeness (QED) is 0.621. The fourth-order valence-corrected chi connectivity index (χ4v) is 3.40. The van der Waals surface area contributed by atoms with Crippen LogP contribution >= 0.6 is 23.6 Å². The van der Waals surface area contributed by atoms with E-state index in [1.807, 2.05) is 0 Å². The van der Waals surface area contributed by atoms with Gasteiger partial charge in [-0.05, 0) is 24.6 Å². The molecule has 1 aromatic rings. The van der Waals surface area contributed by atoms with Crippen LogP contribution in [0.2, 0.25) is 0 Å². The number of anilines is 1. The predicted molar refractivity (Wildman–Crippen MR) is 82.1 cm³/mol. The summed E-state index contributed by atoms with van der Waals surface area (Å²) in [5.74, 6) is -0.000514. The Balaban J connectivity index is 1.98. The molecule has 7 nitrogen and oxygen atoms in total. The van der Waals surface area contributed by atoms with Crippen molar-refractivity contribution in [3.05, 3.63) is 3.95 Å². The highest BCUT2D eigenvalue weighted by Crippen LogP contribution is 2.27. The number of hydrogen-bond acceptors (Lipinski definition) is 5. The second kappa shape index (κ2) is 7.51. The Morgan fingerprint density at radius 3 is 2.71 bits per heavy atom. The molecule has 2 amide bonds. The molecule has 4 N–H and O–H groups in total. The summed E-state index contributed by atoms with van der Waals surface area (Å²) in [5, 5.41) is 20.6. The fourth-order valence-electron chi connectivity index (χ4n) is 2.61. The summed E-state index contributed by atoms with van der Waals surface area (Å²) in [7, 11) is 0. The van der Waals surface area contributed by atoms with E-state index in [9.17, 15) is 9.59 Å². The molecular weight excluding hydrogens is 312 g/mol. The monoisotopic (exact) mass is 330 g/mol. The van der Waals surface area contributed by atoms with Gasteiger partial charge in [-0.3, -0.25) is 15.2 Å². The van der Waals surface area contributed by atoms with E-state index in [4.69, 9.17) is 17.3 Å². The van der Waals surface area contributed by atoms with Crippen LogP contribution in [0.4, 0.5) is 9.93 Å². The van der Waals surface area contributed by atoms with Crippen LogP contribution in [-0.4, -0.2) is 33.3 Å². The predicted octanol–water partition coefficient (Wildman–Crippen LogP) is 2.75. The largest absolute Gasteiger partial charge is 0.465 e. The summed E-state index contributed by atoms with van der Waals surface area (Å²) in [5.41, 5.74) is 0. The first-order valence-corrected chi connectivity index (χ1v) is 8.13. The Morgan fingerprint density at radius 1 is 1.43 bits per heavy atom. The lowest BCUT2D eigenvalue weighted by molar-refractivity contribution is -0.118. The zero-order valence-corrected chi connectivity index (χ0v) is 13.1. The number of rotatable bonds is 5. The van der Waals surface area contributed by atoms with Gasteiger partial charge >= 0.3 is 6.09 Å². The number of hydrogen-bond donors (Lipinski definition) is 4. The van der Waals surface area contributed by atoms with Crippen LogP contribution < -0.4 is 10.6 Å². The van der Waals surface area contributed by atoms with E-state index in [0.717, 1.165) is 37.0 Å². The first-order valence-electron chi connectivity index (χ1n) is 6.90. The van der Waals surface area contributed by atoms with Crippen LogP contribution in [0.25, 0.3) is 0 Å². The maximum atomic E-state index is 12.2. The molecule has 0 aliphatic heterocycles. The van der Waals surface area contributed by atoms with E-state index in [2.05, 4.69) is 20.8 Å². The lowest BCUT2D eigenvalue weighted by atomic mass is 9.84. The molecule has 1 heterocycles. The number of H-pyrrole nitrogens is 1. The Labute approximate surface area is 131 Å². The van der Waals surface area contributed by atoms with E-state index in [1.54, 1.807) is 0 Å². The van der Waals surface area contributed by atoms with Gasteiger partial charge in [0.2, 0.25) is 11.0 Å². The van der Waals surface area contributed by atoms with Crippen LogP contribution in [0, 0.1) is 9.87 Å². The standard InChI is InChI=1S/C12H18N4O3S2/c17-9(14-10-15-16-12(20)21-10)8(13-11(18)19)6-7-4-2-1-3-5-7/h7-8,13H,1-6H2,(H,16,20)(H,18,19)(H,14,15,17)/t8-/m0/s1. The number of amides is 2. The summed E-state index contributed by atoms with van der Waals surface area (Å²) in [6, 6.07) is -0.761. The minimum atomic E-state index is -1.19. The molecule has 0 radical (unpaired) electrons. The number of carbonyl (C=O) groups is 2. The maximum Gasteiger partial charge on any atom is 0.405 e. The highest BCUT2D eigenvalue weighted by molar-refractivity contribution is 7.73. The SMILES string of the molecule is O=C(O)N[C@@H](CC1CCCCC1)C(=O)Nc1n[nH]c(=S)s1. The second-order valence-electron chi connectivity index (χ2n) is 5.15. The van der Waals surface area contributed by atoms with Crippen molar-refractivity contribution in [2.75, 3.05) is 5.32 Å². The Morgan fingerprint density at radius 2 is 2.14 bits per heavy atom. The molecule has 2 rings (SSSR count). The van der Waals surface area contributed by atoms with Crippen molar-refractivity contribution >= 4 is 40.7 Å². The molecule has 0 aromatic carbocycles. The lowest BCUT2D eigenvalue weighted by Gasteiger charge is -2.25. The maximum absolute atomic E-state index is 12.2. The lowest BCUT2D eigenvalue weighted by Crippen LogP contribution is -2.44. The van der Waals surface area contributed by atoms with E-state index >= 15 is 0 Å². The molecular formula is C12H18N4O3S2. The number of carboxylic acid groups (broad SMARTS) is 1. The zero-order valence-electron chi connectivity index (χ0n) is 11.4. The topological polar surface area (TPSA) is 107 Å². The summed E-state index contributed by atoms with van der Waals surface area (Å²) in [4.78, 5) is 23.1. The van der Waals surface area contributed by atoms with Crippen LogP contribution in [0.5, 0.6) is 0 Å². The molecule has 1 aromatic heterocycles. The number of aromatic amines is 1. The smallest absolute Gasteiger partial charge is 0.405 e. The molecule has 1 aliphatic rings. The van der Waals surface area contributed by atoms with Gasteiger partial charge in [-0.25, -0.2) is 4.79 Å². The van der Waals surface area contributed by atoms with E-state index in [0.29, 0.717) is 21.4 Å². The third-order valence-electron chi connectivity index (χ3n) is 3.58. The molecule has 9 heteroatoms. The average Bonchev–Trinajstić information content (AvgIpc) is 2.84. The zero-order chi connectivity index (χ0) is 15.2. The molecule has 0 saturated heterocycles. The van der Waals surface area contributed by atoms with Crippen molar-refractivity contribution in [2.24, 2.45) is 5.92 Å². The summed E-state index contributed by atoms with van der Waals surface area (Å²) in [6.45, 7) is 0. The Kier molecular flexibility index (Phi) is 5.68. The first kappa shape index (κ1) is 15.9. The first-order chi connectivity index (χ1) is 10.0. The van der Waals surface area contributed by atoms with Gasteiger partial charge in [0.25, 0.3) is 0 Å². The summed E-state index contributed by atoms with van der Waals surface area (Å²) < 4.78 is 0.459. The number of nitrogens with zero attached hydrogens (tertiary/aromatic N) is 1. The third-order valence-corrected chi connectivity index (χ3v) is 4.58. The molecule has 0 unspecified atom stereocenters. The van der Waals surface area contributed by atoms with Gasteiger partial charge in [0.1, 0.15) is 6.04 Å². The van der Waals surface area contributed by atoms with Crippen LogP contribution in [0.15, 0.2) is 0 Å². The van der Waals surface area contributed by atoms with Crippen molar-refractivity contribution in [1.82, 2.24) is 15.5 Å². The third kappa shape index (κ3) is 5.09. The second-order valence-corrected chi connectivity index (χ2v) is 6.82. The summed E-state index contributed by atoms with van der Waals surface area (Å²) >= 11 is 6.03. The van der Waals surface area contributed by atoms with Gasteiger partial charge in [0.15, 0.2) is 3.95 Å². The van der Waals surface area contributed by atoms with E-state index in [-0.39, 0.29) is 5.91 Å². The van der Waals surface area contributed by atoms with Gasteiger partial charge in [-0.2, -0.15) is 0 Å². The minimum absolute atomic E-state index is 0.353.